The number of benzene rings is 2. The summed E-state index contributed by atoms with van der Waals surface area (Å²) in [7, 11) is 0. The van der Waals surface area contributed by atoms with Gasteiger partial charge in [-0.1, -0.05) is 25.1 Å². The van der Waals surface area contributed by atoms with Gasteiger partial charge >= 0.3 is 0 Å². The molecule has 0 spiro atoms. The van der Waals surface area contributed by atoms with Gasteiger partial charge in [0, 0.05) is 9.13 Å². The molecule has 20 heavy (non-hydrogen) atoms. The molecule has 0 aromatic heterocycles. The Morgan fingerprint density at radius 2 is 1.85 bits per heavy atom. The van der Waals surface area contributed by atoms with Crippen LogP contribution >= 0.6 is 22.6 Å². The Hall–Kier alpha value is -1.08. The zero-order valence-electron chi connectivity index (χ0n) is 10.8. The first-order valence-corrected chi connectivity index (χ1v) is 7.24. The van der Waals surface area contributed by atoms with Gasteiger partial charge in [-0.2, -0.15) is 0 Å². The molecule has 1 N–H and O–H groups in total. The topological polar surface area (TPSA) is 12.0 Å². The summed E-state index contributed by atoms with van der Waals surface area (Å²) < 4.78 is 41.4. The van der Waals surface area contributed by atoms with Crippen molar-refractivity contribution in [2.75, 3.05) is 6.54 Å². The maximum absolute atomic E-state index is 14.0. The average Bonchev–Trinajstić information content (AvgIpc) is 2.43. The van der Waals surface area contributed by atoms with E-state index in [-0.39, 0.29) is 5.56 Å². The number of rotatable bonds is 4. The summed E-state index contributed by atoms with van der Waals surface area (Å²) in [4.78, 5) is 0. The van der Waals surface area contributed by atoms with Crippen molar-refractivity contribution < 1.29 is 13.2 Å². The molecule has 2 rings (SSSR count). The average molecular weight is 391 g/mol. The Balaban J connectivity index is 2.51. The van der Waals surface area contributed by atoms with Gasteiger partial charge in [0.15, 0.2) is 17.5 Å². The summed E-state index contributed by atoms with van der Waals surface area (Å²) in [5.41, 5.74) is 0.913. The Labute approximate surface area is 129 Å². The molecule has 0 aliphatic carbocycles. The van der Waals surface area contributed by atoms with Gasteiger partial charge in [-0.05, 0) is 52.9 Å². The van der Waals surface area contributed by atoms with Crippen LogP contribution in [0.3, 0.4) is 0 Å². The number of hydrogen-bond acceptors (Lipinski definition) is 1. The fraction of sp³-hybridized carbons (Fsp3) is 0.200. The van der Waals surface area contributed by atoms with Crippen LogP contribution in [0, 0.1) is 21.0 Å². The molecule has 0 bridgehead atoms. The van der Waals surface area contributed by atoms with Crippen molar-refractivity contribution in [2.45, 2.75) is 13.0 Å². The molecule has 0 radical (unpaired) electrons. The van der Waals surface area contributed by atoms with E-state index in [4.69, 9.17) is 0 Å². The molecule has 0 fully saturated rings. The Morgan fingerprint density at radius 1 is 1.10 bits per heavy atom. The van der Waals surface area contributed by atoms with Crippen LogP contribution < -0.4 is 5.32 Å². The van der Waals surface area contributed by atoms with Crippen molar-refractivity contribution in [3.63, 3.8) is 0 Å². The molecule has 1 unspecified atom stereocenters. The summed E-state index contributed by atoms with van der Waals surface area (Å²) in [5.74, 6) is -3.75. The largest absolute Gasteiger partial charge is 0.306 e. The molecule has 0 heterocycles. The minimum absolute atomic E-state index is 0.104. The van der Waals surface area contributed by atoms with Gasteiger partial charge in [0.2, 0.25) is 0 Å². The van der Waals surface area contributed by atoms with Crippen molar-refractivity contribution in [1.82, 2.24) is 5.32 Å². The second-order valence-corrected chi connectivity index (χ2v) is 5.56. The maximum Gasteiger partial charge on any atom is 0.194 e. The molecule has 1 nitrogen and oxygen atoms in total. The lowest BCUT2D eigenvalue weighted by atomic mass is 9.98. The second-order valence-electron chi connectivity index (χ2n) is 4.31. The van der Waals surface area contributed by atoms with E-state index in [9.17, 15) is 13.2 Å². The lowest BCUT2D eigenvalue weighted by molar-refractivity contribution is 0.433. The molecule has 0 aliphatic heterocycles. The summed E-state index contributed by atoms with van der Waals surface area (Å²) >= 11 is 2.15. The summed E-state index contributed by atoms with van der Waals surface area (Å²) in [6, 6.07) is 9.19. The van der Waals surface area contributed by atoms with E-state index < -0.39 is 23.5 Å². The molecule has 2 aromatic rings. The molecule has 0 amide bonds. The molecule has 2 aromatic carbocycles. The molecule has 0 saturated carbocycles. The third kappa shape index (κ3) is 3.15. The second kappa shape index (κ2) is 6.58. The highest BCUT2D eigenvalue weighted by Gasteiger charge is 2.21. The molecule has 106 valence electrons. The van der Waals surface area contributed by atoms with Gasteiger partial charge in [0.25, 0.3) is 0 Å². The number of nitrogens with one attached hydrogen (secondary N) is 1. The third-order valence-corrected chi connectivity index (χ3v) is 3.64. The normalized spacial score (nSPS) is 12.4. The Bertz CT molecular complexity index is 616. The predicted octanol–water partition coefficient (Wildman–Crippen LogP) is 4.41. The highest BCUT2D eigenvalue weighted by molar-refractivity contribution is 14.1. The molecule has 0 saturated heterocycles. The predicted molar refractivity (Wildman–Crippen MR) is 81.0 cm³/mol. The van der Waals surface area contributed by atoms with E-state index in [2.05, 4.69) is 27.9 Å². The van der Waals surface area contributed by atoms with Gasteiger partial charge in [0.1, 0.15) is 0 Å². The third-order valence-electron chi connectivity index (χ3n) is 2.97. The van der Waals surface area contributed by atoms with E-state index in [1.165, 1.54) is 6.07 Å². The van der Waals surface area contributed by atoms with Gasteiger partial charge < -0.3 is 5.32 Å². The van der Waals surface area contributed by atoms with E-state index in [0.29, 0.717) is 6.54 Å². The van der Waals surface area contributed by atoms with E-state index in [1.54, 1.807) is 0 Å². The van der Waals surface area contributed by atoms with Crippen molar-refractivity contribution in [3.05, 3.63) is 68.5 Å². The van der Waals surface area contributed by atoms with E-state index >= 15 is 0 Å². The minimum atomic E-state index is -1.43. The Morgan fingerprint density at radius 3 is 2.50 bits per heavy atom. The lowest BCUT2D eigenvalue weighted by Gasteiger charge is -2.20. The van der Waals surface area contributed by atoms with Crippen LogP contribution in [0.5, 0.6) is 0 Å². The maximum atomic E-state index is 14.0. The van der Waals surface area contributed by atoms with Crippen LogP contribution in [0.2, 0.25) is 0 Å². The molecular weight excluding hydrogens is 378 g/mol. The highest BCUT2D eigenvalue weighted by Crippen LogP contribution is 2.27. The SMILES string of the molecule is CCNC(c1cccc(I)c1)c1ccc(F)c(F)c1F. The van der Waals surface area contributed by atoms with Crippen molar-refractivity contribution in [1.29, 1.82) is 0 Å². The zero-order valence-corrected chi connectivity index (χ0v) is 12.9. The van der Waals surface area contributed by atoms with Crippen LogP contribution in [0.25, 0.3) is 0 Å². The zero-order chi connectivity index (χ0) is 14.7. The van der Waals surface area contributed by atoms with Gasteiger partial charge in [-0.25, -0.2) is 13.2 Å². The summed E-state index contributed by atoms with van der Waals surface area (Å²) in [6.45, 7) is 2.45. The van der Waals surface area contributed by atoms with Gasteiger partial charge in [-0.3, -0.25) is 0 Å². The smallest absolute Gasteiger partial charge is 0.194 e. The van der Waals surface area contributed by atoms with Crippen LogP contribution in [-0.2, 0) is 0 Å². The quantitative estimate of drug-likeness (QED) is 0.602. The van der Waals surface area contributed by atoms with Crippen LogP contribution in [0.1, 0.15) is 24.1 Å². The number of hydrogen-bond donors (Lipinski definition) is 1. The molecule has 1 atom stereocenters. The van der Waals surface area contributed by atoms with Crippen molar-refractivity contribution >= 4 is 22.6 Å². The van der Waals surface area contributed by atoms with Crippen molar-refractivity contribution in [3.8, 4) is 0 Å². The fourth-order valence-electron chi connectivity index (χ4n) is 2.06. The number of halogens is 4. The first kappa shape index (κ1) is 15.3. The first-order chi connectivity index (χ1) is 9.54. The van der Waals surface area contributed by atoms with Crippen LogP contribution in [0.4, 0.5) is 13.2 Å². The Kier molecular flexibility index (Phi) is 5.04. The van der Waals surface area contributed by atoms with Crippen LogP contribution in [-0.4, -0.2) is 6.54 Å². The molecule has 5 heteroatoms. The van der Waals surface area contributed by atoms with Crippen LogP contribution in [0.15, 0.2) is 36.4 Å². The van der Waals surface area contributed by atoms with Crippen molar-refractivity contribution in [2.24, 2.45) is 0 Å². The minimum Gasteiger partial charge on any atom is -0.306 e. The van der Waals surface area contributed by atoms with Gasteiger partial charge in [-0.15, -0.1) is 0 Å². The lowest BCUT2D eigenvalue weighted by Crippen LogP contribution is -2.23. The van der Waals surface area contributed by atoms with Gasteiger partial charge in [0.05, 0.1) is 6.04 Å². The standard InChI is InChI=1S/C15H13F3IN/c1-2-20-15(9-4-3-5-10(19)8-9)11-6-7-12(16)14(18)13(11)17/h3-8,15,20H,2H2,1H3. The highest BCUT2D eigenvalue weighted by atomic mass is 127. The summed E-state index contributed by atoms with van der Waals surface area (Å²) in [5, 5.41) is 3.10. The monoisotopic (exact) mass is 391 g/mol. The van der Waals surface area contributed by atoms with E-state index in [0.717, 1.165) is 15.2 Å². The molecular formula is C15H13F3IN. The first-order valence-electron chi connectivity index (χ1n) is 6.16. The van der Waals surface area contributed by atoms with E-state index in [1.807, 2.05) is 31.2 Å². The fourth-order valence-corrected chi connectivity index (χ4v) is 2.63. The summed E-state index contributed by atoms with van der Waals surface area (Å²) in [6.07, 6.45) is 0. The molecule has 0 aliphatic rings.